The van der Waals surface area contributed by atoms with Crippen LogP contribution in [0.5, 0.6) is 0 Å². The number of carbonyl (C=O) groups excluding carboxylic acids is 1. The summed E-state index contributed by atoms with van der Waals surface area (Å²) < 4.78 is 41.0. The van der Waals surface area contributed by atoms with E-state index in [0.717, 1.165) is 25.7 Å². The number of alkyl halides is 2. The molecule has 10 atom stereocenters. The van der Waals surface area contributed by atoms with Gasteiger partial charge in [-0.2, -0.15) is 0 Å². The Bertz CT molecular complexity index is 828. The van der Waals surface area contributed by atoms with Crippen molar-refractivity contribution >= 4 is 5.97 Å². The van der Waals surface area contributed by atoms with Crippen molar-refractivity contribution in [1.29, 1.82) is 0 Å². The van der Waals surface area contributed by atoms with Crippen molar-refractivity contribution in [2.75, 3.05) is 19.7 Å². The van der Waals surface area contributed by atoms with Crippen molar-refractivity contribution < 1.29 is 28.2 Å². The first kappa shape index (κ1) is 29.4. The molecule has 0 spiro atoms. The Morgan fingerprint density at radius 3 is 2.82 bits per heavy atom. The molecule has 5 unspecified atom stereocenters. The van der Waals surface area contributed by atoms with Gasteiger partial charge in [-0.3, -0.25) is 10.1 Å². The van der Waals surface area contributed by atoms with Crippen LogP contribution in [0.2, 0.25) is 0 Å². The van der Waals surface area contributed by atoms with E-state index in [0.29, 0.717) is 63.3 Å². The van der Waals surface area contributed by atoms with Gasteiger partial charge in [0.25, 0.3) is 0 Å². The van der Waals surface area contributed by atoms with Gasteiger partial charge in [-0.05, 0) is 82.2 Å². The first-order valence-corrected chi connectivity index (χ1v) is 14.7. The molecule has 0 amide bonds. The number of esters is 1. The van der Waals surface area contributed by atoms with Gasteiger partial charge in [-0.25, -0.2) is 8.78 Å². The second kappa shape index (κ2) is 14.2. The van der Waals surface area contributed by atoms with Crippen LogP contribution in [0.4, 0.5) is 8.78 Å². The third-order valence-corrected chi connectivity index (χ3v) is 8.69. The maximum Gasteiger partial charge on any atom is 0.305 e. The van der Waals surface area contributed by atoms with Gasteiger partial charge < -0.3 is 25.2 Å². The third-order valence-electron chi connectivity index (χ3n) is 8.69. The molecular formula is C29H47F2N3O4. The maximum absolute atomic E-state index is 15.2. The number of ether oxygens (including phenoxy) is 2. The molecule has 1 saturated heterocycles. The Morgan fingerprint density at radius 1 is 1.18 bits per heavy atom. The van der Waals surface area contributed by atoms with Gasteiger partial charge in [0.2, 0.25) is 0 Å². The van der Waals surface area contributed by atoms with Crippen LogP contribution in [-0.2, 0) is 14.3 Å². The number of carbonyl (C=O) groups is 1. The van der Waals surface area contributed by atoms with E-state index in [2.05, 4.69) is 22.9 Å². The predicted octanol–water partition coefficient (Wildman–Crippen LogP) is 3.68. The molecule has 4 rings (SSSR count). The van der Waals surface area contributed by atoms with Crippen LogP contribution in [0.25, 0.3) is 0 Å². The van der Waals surface area contributed by atoms with Gasteiger partial charge in [0, 0.05) is 43.3 Å². The summed E-state index contributed by atoms with van der Waals surface area (Å²) in [5.41, 5.74) is 0.689. The fourth-order valence-electron chi connectivity index (χ4n) is 6.56. The van der Waals surface area contributed by atoms with Crippen molar-refractivity contribution in [3.05, 3.63) is 23.9 Å². The fraction of sp³-hybridized carbons (Fsp3) is 0.828. The van der Waals surface area contributed by atoms with Gasteiger partial charge >= 0.3 is 5.97 Å². The quantitative estimate of drug-likeness (QED) is 0.138. The van der Waals surface area contributed by atoms with Crippen LogP contribution in [0.15, 0.2) is 23.9 Å². The molecule has 0 bridgehead atoms. The van der Waals surface area contributed by atoms with E-state index in [1.165, 1.54) is 0 Å². The zero-order valence-corrected chi connectivity index (χ0v) is 22.9. The maximum atomic E-state index is 15.2. The molecule has 2 fully saturated rings. The first-order valence-electron chi connectivity index (χ1n) is 14.7. The molecule has 0 radical (unpaired) electrons. The lowest BCUT2D eigenvalue weighted by Gasteiger charge is -2.38. The summed E-state index contributed by atoms with van der Waals surface area (Å²) in [7, 11) is 0. The summed E-state index contributed by atoms with van der Waals surface area (Å²) in [5.74, 6) is -0.117. The Hall–Kier alpha value is -1.55. The molecule has 2 heterocycles. The van der Waals surface area contributed by atoms with Crippen LogP contribution in [-0.4, -0.2) is 73.6 Å². The molecule has 2 aliphatic carbocycles. The highest BCUT2D eigenvalue weighted by atomic mass is 19.1. The highest BCUT2D eigenvalue weighted by molar-refractivity contribution is 5.69. The summed E-state index contributed by atoms with van der Waals surface area (Å²) in [4.78, 5) is 11.5. The third kappa shape index (κ3) is 7.99. The first-order chi connectivity index (χ1) is 18.3. The fourth-order valence-corrected chi connectivity index (χ4v) is 6.56. The van der Waals surface area contributed by atoms with Gasteiger partial charge in [-0.15, -0.1) is 0 Å². The molecule has 9 heteroatoms. The average molecular weight is 540 g/mol. The van der Waals surface area contributed by atoms with Gasteiger partial charge in [0.15, 0.2) is 0 Å². The van der Waals surface area contributed by atoms with Crippen LogP contribution < -0.4 is 16.0 Å². The molecule has 7 nitrogen and oxygen atoms in total. The number of allylic oxidation sites excluding steroid dienone is 2. The van der Waals surface area contributed by atoms with E-state index in [9.17, 15) is 14.3 Å². The van der Waals surface area contributed by atoms with E-state index >= 15 is 4.39 Å². The second-order valence-corrected chi connectivity index (χ2v) is 11.6. The monoisotopic (exact) mass is 539 g/mol. The molecule has 4 aliphatic rings. The molecule has 0 aromatic heterocycles. The normalized spacial score (nSPS) is 38.3. The molecule has 0 aromatic carbocycles. The van der Waals surface area contributed by atoms with Crippen LogP contribution in [0.3, 0.4) is 0 Å². The minimum atomic E-state index is -1.06. The zero-order valence-electron chi connectivity index (χ0n) is 22.9. The number of nitrogens with one attached hydrogen (secondary N) is 3. The number of aliphatic hydroxyl groups excluding tert-OH is 1. The Kier molecular flexibility index (Phi) is 11.0. The highest BCUT2D eigenvalue weighted by Gasteiger charge is 2.39. The topological polar surface area (TPSA) is 91.9 Å². The number of rotatable bonds is 11. The SMILES string of the molecule is CCOC(=O)CCCN[C@H](O)C1CNC(C2CC(O[C@@H]3CCC(C4=C[C@H](C)CC[C@@H]4F)[C@H](F)C3)C=CN2)C1. The molecule has 38 heavy (non-hydrogen) atoms. The van der Waals surface area contributed by atoms with Crippen LogP contribution >= 0.6 is 0 Å². The number of hydrogen-bond acceptors (Lipinski definition) is 7. The molecule has 4 N–H and O–H groups in total. The summed E-state index contributed by atoms with van der Waals surface area (Å²) in [6.07, 6.45) is 8.60. The Labute approximate surface area is 226 Å². The van der Waals surface area contributed by atoms with Crippen molar-refractivity contribution in [3.63, 3.8) is 0 Å². The molecule has 2 aliphatic heterocycles. The minimum Gasteiger partial charge on any atom is -0.466 e. The lowest BCUT2D eigenvalue weighted by atomic mass is 9.75. The minimum absolute atomic E-state index is 0.0772. The van der Waals surface area contributed by atoms with E-state index in [4.69, 9.17) is 9.47 Å². The second-order valence-electron chi connectivity index (χ2n) is 11.6. The average Bonchev–Trinajstić information content (AvgIpc) is 3.39. The van der Waals surface area contributed by atoms with E-state index in [1.54, 1.807) is 6.92 Å². The van der Waals surface area contributed by atoms with Crippen molar-refractivity contribution in [1.82, 2.24) is 16.0 Å². The van der Waals surface area contributed by atoms with Gasteiger partial charge in [0.05, 0.1) is 18.8 Å². The Balaban J connectivity index is 1.18. The lowest BCUT2D eigenvalue weighted by molar-refractivity contribution is -0.143. The van der Waals surface area contributed by atoms with Gasteiger partial charge in [-0.1, -0.05) is 13.0 Å². The molecule has 0 aromatic rings. The van der Waals surface area contributed by atoms with E-state index in [-0.39, 0.29) is 42.1 Å². The van der Waals surface area contributed by atoms with E-state index < -0.39 is 18.6 Å². The molecule has 1 saturated carbocycles. The van der Waals surface area contributed by atoms with Crippen LogP contribution in [0, 0.1) is 17.8 Å². The number of halogens is 2. The van der Waals surface area contributed by atoms with E-state index in [1.807, 2.05) is 18.4 Å². The van der Waals surface area contributed by atoms with Crippen molar-refractivity contribution in [3.8, 4) is 0 Å². The standard InChI is InChI=1S/C29H47F2N3O4/c1-3-37-28(35)5-4-11-33-29(36)19-14-26(34-17-19)27-16-21(10-12-32-27)38-20-7-8-22(25(31)15-20)23-13-18(2)6-9-24(23)30/h10,12-13,18-22,24-27,29,32-34,36H,3-9,11,14-17H2,1-2H3/t18-,19?,20-,21?,22?,24+,25-,26?,27?,29-/m1/s1. The summed E-state index contributed by atoms with van der Waals surface area (Å²) in [6.45, 7) is 5.53. The molecule has 216 valence electrons. The largest absolute Gasteiger partial charge is 0.466 e. The lowest BCUT2D eigenvalue weighted by Crippen LogP contribution is -2.47. The highest BCUT2D eigenvalue weighted by Crippen LogP contribution is 2.40. The molecular weight excluding hydrogens is 492 g/mol. The van der Waals surface area contributed by atoms with Crippen molar-refractivity contribution in [2.24, 2.45) is 17.8 Å². The Morgan fingerprint density at radius 2 is 2.03 bits per heavy atom. The van der Waals surface area contributed by atoms with Gasteiger partial charge in [0.1, 0.15) is 18.6 Å². The smallest absolute Gasteiger partial charge is 0.305 e. The summed E-state index contributed by atoms with van der Waals surface area (Å²) >= 11 is 0. The number of hydrogen-bond donors (Lipinski definition) is 4. The summed E-state index contributed by atoms with van der Waals surface area (Å²) in [6, 6.07) is 0.350. The van der Waals surface area contributed by atoms with Crippen LogP contribution in [0.1, 0.15) is 71.6 Å². The van der Waals surface area contributed by atoms with Crippen molar-refractivity contribution in [2.45, 2.75) is 114 Å². The number of aliphatic hydroxyl groups is 1. The zero-order chi connectivity index (χ0) is 27.1. The predicted molar refractivity (Wildman–Crippen MR) is 143 cm³/mol. The summed E-state index contributed by atoms with van der Waals surface area (Å²) in [5, 5.41) is 20.7.